The molecule has 2 aromatic carbocycles. The lowest BCUT2D eigenvalue weighted by atomic mass is 10.2. The number of hydrogen-bond donors (Lipinski definition) is 1. The molecule has 1 aromatic heterocycles. The van der Waals surface area contributed by atoms with E-state index >= 15 is 0 Å². The lowest BCUT2D eigenvalue weighted by Gasteiger charge is -2.11. The highest BCUT2D eigenvalue weighted by Crippen LogP contribution is 2.36. The molecule has 156 valence electrons. The summed E-state index contributed by atoms with van der Waals surface area (Å²) in [6, 6.07) is 13.4. The zero-order chi connectivity index (χ0) is 21.3. The lowest BCUT2D eigenvalue weighted by Crippen LogP contribution is -2.23. The smallest absolute Gasteiger partial charge is 0.244 e. The fourth-order valence-corrected chi connectivity index (χ4v) is 3.17. The molecule has 3 aromatic rings. The third kappa shape index (κ3) is 5.64. The molecule has 0 aliphatic rings. The number of rotatable bonds is 9. The molecule has 6 nitrogen and oxygen atoms in total. The van der Waals surface area contributed by atoms with E-state index in [-0.39, 0.29) is 5.91 Å². The van der Waals surface area contributed by atoms with Crippen molar-refractivity contribution in [3.05, 3.63) is 77.1 Å². The Labute approximate surface area is 181 Å². The molecule has 1 amide bonds. The maximum atomic E-state index is 12.1. The van der Waals surface area contributed by atoms with Gasteiger partial charge >= 0.3 is 0 Å². The van der Waals surface area contributed by atoms with Crippen LogP contribution >= 0.6 is 11.6 Å². The molecule has 0 aliphatic carbocycles. The predicted octanol–water partition coefficient (Wildman–Crippen LogP) is 4.31. The summed E-state index contributed by atoms with van der Waals surface area (Å²) in [5.74, 6) is 0.841. The number of benzene rings is 2. The van der Waals surface area contributed by atoms with Gasteiger partial charge in [-0.15, -0.1) is 0 Å². The zero-order valence-corrected chi connectivity index (χ0v) is 17.7. The minimum absolute atomic E-state index is 0.186. The monoisotopic (exact) mass is 425 g/mol. The van der Waals surface area contributed by atoms with Crippen LogP contribution in [0.2, 0.25) is 5.02 Å². The molecule has 0 fully saturated rings. The van der Waals surface area contributed by atoms with Gasteiger partial charge in [-0.25, -0.2) is 4.68 Å². The Kier molecular flexibility index (Phi) is 7.51. The van der Waals surface area contributed by atoms with Crippen molar-refractivity contribution in [1.29, 1.82) is 0 Å². The summed E-state index contributed by atoms with van der Waals surface area (Å²) in [5.41, 5.74) is 2.80. The second-order valence-corrected chi connectivity index (χ2v) is 6.88. The average molecular weight is 426 g/mol. The Balaban J connectivity index is 1.53. The Morgan fingerprint density at radius 3 is 2.80 bits per heavy atom. The van der Waals surface area contributed by atoms with Crippen LogP contribution in [0.3, 0.4) is 0 Å². The summed E-state index contributed by atoms with van der Waals surface area (Å²) in [6.07, 6.45) is 7.62. The van der Waals surface area contributed by atoms with Crippen molar-refractivity contribution in [3.8, 4) is 17.2 Å². The van der Waals surface area contributed by atoms with E-state index in [1.807, 2.05) is 54.3 Å². The van der Waals surface area contributed by atoms with Crippen LogP contribution in [0.1, 0.15) is 18.1 Å². The van der Waals surface area contributed by atoms with Crippen LogP contribution in [0.25, 0.3) is 11.8 Å². The van der Waals surface area contributed by atoms with E-state index in [1.54, 1.807) is 25.3 Å². The molecule has 0 radical (unpaired) electrons. The number of nitrogens with zero attached hydrogens (tertiary/aromatic N) is 2. The van der Waals surface area contributed by atoms with E-state index in [9.17, 15) is 4.79 Å². The maximum Gasteiger partial charge on any atom is 0.244 e. The van der Waals surface area contributed by atoms with E-state index < -0.39 is 0 Å². The summed E-state index contributed by atoms with van der Waals surface area (Å²) >= 11 is 6.26. The minimum Gasteiger partial charge on any atom is -0.493 e. The molecule has 3 rings (SSSR count). The van der Waals surface area contributed by atoms with Crippen molar-refractivity contribution in [2.24, 2.45) is 0 Å². The van der Waals surface area contributed by atoms with Crippen LogP contribution in [-0.2, 0) is 11.2 Å². The highest BCUT2D eigenvalue weighted by molar-refractivity contribution is 6.32. The number of para-hydroxylation sites is 1. The first-order valence-electron chi connectivity index (χ1n) is 9.66. The van der Waals surface area contributed by atoms with Gasteiger partial charge in [0.25, 0.3) is 0 Å². The van der Waals surface area contributed by atoms with E-state index in [0.717, 1.165) is 16.8 Å². The molecule has 0 saturated heterocycles. The quantitative estimate of drug-likeness (QED) is 0.519. The van der Waals surface area contributed by atoms with E-state index in [2.05, 4.69) is 10.4 Å². The minimum atomic E-state index is -0.186. The second-order valence-electron chi connectivity index (χ2n) is 6.47. The van der Waals surface area contributed by atoms with Crippen molar-refractivity contribution in [2.75, 3.05) is 20.3 Å². The number of hydrogen-bond acceptors (Lipinski definition) is 4. The normalized spacial score (nSPS) is 10.9. The summed E-state index contributed by atoms with van der Waals surface area (Å²) < 4.78 is 12.6. The number of aromatic nitrogens is 2. The molecule has 0 bridgehead atoms. The maximum absolute atomic E-state index is 12.1. The van der Waals surface area contributed by atoms with Gasteiger partial charge in [0.15, 0.2) is 11.5 Å². The van der Waals surface area contributed by atoms with Crippen molar-refractivity contribution in [2.45, 2.75) is 13.3 Å². The first-order valence-corrected chi connectivity index (χ1v) is 10.0. The van der Waals surface area contributed by atoms with E-state index in [4.69, 9.17) is 21.1 Å². The standard InChI is InChI=1S/C23H24ClN3O3/c1-3-30-23-20(24)13-17(14-21(23)29-2)9-10-22(28)25-12-11-18-15-26-27(16-18)19-7-5-4-6-8-19/h4-10,13-16H,3,11-12H2,1-2H3,(H,25,28). The van der Waals surface area contributed by atoms with Crippen LogP contribution in [0.5, 0.6) is 11.5 Å². The number of ether oxygens (including phenoxy) is 2. The van der Waals surface area contributed by atoms with Gasteiger partial charge < -0.3 is 14.8 Å². The predicted molar refractivity (Wildman–Crippen MR) is 118 cm³/mol. The summed E-state index contributed by atoms with van der Waals surface area (Å²) in [5, 5.41) is 7.67. The van der Waals surface area contributed by atoms with Crippen LogP contribution in [0, 0.1) is 0 Å². The molecule has 7 heteroatoms. The van der Waals surface area contributed by atoms with E-state index in [0.29, 0.717) is 36.1 Å². The molecule has 0 atom stereocenters. The first kappa shape index (κ1) is 21.5. The number of methoxy groups -OCH3 is 1. The first-order chi connectivity index (χ1) is 14.6. The van der Waals surface area contributed by atoms with Gasteiger partial charge in [0, 0.05) is 18.8 Å². The topological polar surface area (TPSA) is 65.4 Å². The number of carbonyl (C=O) groups is 1. The van der Waals surface area contributed by atoms with Crippen LogP contribution in [0.15, 0.2) is 60.9 Å². The van der Waals surface area contributed by atoms with Crippen LogP contribution in [-0.4, -0.2) is 35.9 Å². The number of nitrogens with one attached hydrogen (secondary N) is 1. The lowest BCUT2D eigenvalue weighted by molar-refractivity contribution is -0.116. The Hall–Kier alpha value is -3.25. The molecule has 1 heterocycles. The molecule has 1 N–H and O–H groups in total. The molecule has 0 spiro atoms. The second kappa shape index (κ2) is 10.5. The SMILES string of the molecule is CCOc1c(Cl)cc(C=CC(=O)NCCc2cnn(-c3ccccc3)c2)cc1OC. The van der Waals surface area contributed by atoms with Crippen molar-refractivity contribution in [1.82, 2.24) is 15.1 Å². The fraction of sp³-hybridized carbons (Fsp3) is 0.217. The molecule has 0 unspecified atom stereocenters. The van der Waals surface area contributed by atoms with Crippen molar-refractivity contribution >= 4 is 23.6 Å². The molecule has 30 heavy (non-hydrogen) atoms. The van der Waals surface area contributed by atoms with Gasteiger partial charge in [0.2, 0.25) is 5.91 Å². The fourth-order valence-electron chi connectivity index (χ4n) is 2.89. The average Bonchev–Trinajstić information content (AvgIpc) is 3.23. The molecular formula is C23H24ClN3O3. The zero-order valence-electron chi connectivity index (χ0n) is 17.0. The van der Waals surface area contributed by atoms with E-state index in [1.165, 1.54) is 6.08 Å². The Bertz CT molecular complexity index is 1020. The van der Waals surface area contributed by atoms with Gasteiger partial charge in [-0.1, -0.05) is 29.8 Å². The highest BCUT2D eigenvalue weighted by Gasteiger charge is 2.10. The van der Waals surface area contributed by atoms with Gasteiger partial charge in [0.05, 0.1) is 30.6 Å². The summed E-state index contributed by atoms with van der Waals surface area (Å²) in [7, 11) is 1.55. The molecule has 0 saturated carbocycles. The van der Waals surface area contributed by atoms with Gasteiger partial charge in [-0.3, -0.25) is 4.79 Å². The van der Waals surface area contributed by atoms with Crippen molar-refractivity contribution in [3.63, 3.8) is 0 Å². The van der Waals surface area contributed by atoms with Crippen LogP contribution in [0.4, 0.5) is 0 Å². The Morgan fingerprint density at radius 1 is 1.27 bits per heavy atom. The Morgan fingerprint density at radius 2 is 2.07 bits per heavy atom. The number of halogens is 1. The third-order valence-electron chi connectivity index (χ3n) is 4.34. The molecular weight excluding hydrogens is 402 g/mol. The van der Waals surface area contributed by atoms with Gasteiger partial charge in [-0.05, 0) is 54.8 Å². The summed E-state index contributed by atoms with van der Waals surface area (Å²) in [4.78, 5) is 12.1. The largest absolute Gasteiger partial charge is 0.493 e. The van der Waals surface area contributed by atoms with Crippen molar-refractivity contribution < 1.29 is 14.3 Å². The molecule has 0 aliphatic heterocycles. The van der Waals surface area contributed by atoms with Gasteiger partial charge in [0.1, 0.15) is 0 Å². The highest BCUT2D eigenvalue weighted by atomic mass is 35.5. The number of amides is 1. The van der Waals surface area contributed by atoms with Gasteiger partial charge in [-0.2, -0.15) is 5.10 Å². The van der Waals surface area contributed by atoms with Crippen LogP contribution < -0.4 is 14.8 Å². The number of carbonyl (C=O) groups excluding carboxylic acids is 1. The summed E-state index contributed by atoms with van der Waals surface area (Å²) in [6.45, 7) is 2.87. The third-order valence-corrected chi connectivity index (χ3v) is 4.62.